The summed E-state index contributed by atoms with van der Waals surface area (Å²) in [6.45, 7) is 6.81. The molecule has 1 aliphatic rings. The number of carbonyl (C=O) groups is 1. The summed E-state index contributed by atoms with van der Waals surface area (Å²) in [4.78, 5) is 16.4. The number of nitrogens with zero attached hydrogens (tertiary/aromatic N) is 6. The third-order valence-corrected chi connectivity index (χ3v) is 5.66. The molecule has 32 heavy (non-hydrogen) atoms. The number of fused-ring (bicyclic) bond motifs is 1. The van der Waals surface area contributed by atoms with E-state index in [1.807, 2.05) is 25.5 Å². The van der Waals surface area contributed by atoms with Crippen molar-refractivity contribution in [1.82, 2.24) is 30.1 Å². The Morgan fingerprint density at radius 2 is 2.12 bits per heavy atom. The maximum Gasteiger partial charge on any atom is 0.307 e. The van der Waals surface area contributed by atoms with Crippen molar-refractivity contribution in [2.75, 3.05) is 11.9 Å². The van der Waals surface area contributed by atoms with Crippen molar-refractivity contribution in [2.45, 2.75) is 52.6 Å². The number of nitrogens with one attached hydrogen (secondary N) is 1. The van der Waals surface area contributed by atoms with Gasteiger partial charge in [0.1, 0.15) is 5.76 Å². The van der Waals surface area contributed by atoms with Crippen LogP contribution in [0.15, 0.2) is 21.3 Å². The molecule has 0 aliphatic carbocycles. The van der Waals surface area contributed by atoms with E-state index in [-0.39, 0.29) is 18.4 Å². The van der Waals surface area contributed by atoms with Crippen LogP contribution in [0.3, 0.4) is 0 Å². The van der Waals surface area contributed by atoms with Crippen molar-refractivity contribution in [1.29, 1.82) is 0 Å². The number of ether oxygens (including phenoxy) is 1. The van der Waals surface area contributed by atoms with Gasteiger partial charge < -0.3 is 19.0 Å². The first-order valence-corrected chi connectivity index (χ1v) is 10.5. The zero-order chi connectivity index (χ0) is 22.2. The molecule has 0 radical (unpaired) electrons. The average molecular weight is 437 g/mol. The lowest BCUT2D eigenvalue weighted by atomic mass is 10.1. The first kappa shape index (κ1) is 20.2. The van der Waals surface area contributed by atoms with Crippen LogP contribution in [0.5, 0.6) is 0 Å². The van der Waals surface area contributed by atoms with Gasteiger partial charge in [0.05, 0.1) is 48.0 Å². The highest BCUT2D eigenvalue weighted by Gasteiger charge is 2.25. The Labute approximate surface area is 183 Å². The fraction of sp³-hybridized carbons (Fsp3) is 0.429. The minimum atomic E-state index is -0.218. The highest BCUT2D eigenvalue weighted by Crippen LogP contribution is 2.34. The summed E-state index contributed by atoms with van der Waals surface area (Å²) in [5, 5.41) is 21.2. The summed E-state index contributed by atoms with van der Waals surface area (Å²) < 4.78 is 18.1. The number of aryl methyl sites for hydroxylation is 3. The molecule has 0 bridgehead atoms. The van der Waals surface area contributed by atoms with Crippen LogP contribution in [-0.2, 0) is 22.5 Å². The molecule has 1 fully saturated rings. The molecule has 1 atom stereocenters. The molecule has 1 N–H and O–H groups in total. The Balaban J connectivity index is 1.53. The summed E-state index contributed by atoms with van der Waals surface area (Å²) in [5.41, 5.74) is 3.89. The molecule has 166 valence electrons. The third-order valence-electron chi connectivity index (χ3n) is 5.66. The van der Waals surface area contributed by atoms with E-state index in [2.05, 4.69) is 30.8 Å². The van der Waals surface area contributed by atoms with E-state index in [4.69, 9.17) is 13.7 Å². The number of hydrogen-bond donors (Lipinski definition) is 1. The van der Waals surface area contributed by atoms with Crippen LogP contribution in [0.2, 0.25) is 0 Å². The van der Waals surface area contributed by atoms with Crippen LogP contribution in [0.1, 0.15) is 42.7 Å². The van der Waals surface area contributed by atoms with Gasteiger partial charge in [-0.2, -0.15) is 5.10 Å². The van der Waals surface area contributed by atoms with Crippen molar-refractivity contribution in [3.05, 3.63) is 35.3 Å². The van der Waals surface area contributed by atoms with E-state index in [0.29, 0.717) is 43.3 Å². The van der Waals surface area contributed by atoms with Gasteiger partial charge in [0, 0.05) is 30.8 Å². The SMILES string of the molecule is CCn1ncc2c(NC3CCOC(=O)C3)c(-c3nnc(Cc4c(C)noc4C)o3)cnc21. The molecule has 5 rings (SSSR count). The van der Waals surface area contributed by atoms with Crippen molar-refractivity contribution in [3.63, 3.8) is 0 Å². The predicted molar refractivity (Wildman–Crippen MR) is 113 cm³/mol. The number of hydrogen-bond acceptors (Lipinski definition) is 10. The highest BCUT2D eigenvalue weighted by atomic mass is 16.5. The molecule has 11 nitrogen and oxygen atoms in total. The first-order chi connectivity index (χ1) is 15.5. The maximum atomic E-state index is 11.8. The van der Waals surface area contributed by atoms with Crippen molar-refractivity contribution in [3.8, 4) is 11.5 Å². The summed E-state index contributed by atoms with van der Waals surface area (Å²) in [5.74, 6) is 1.30. The van der Waals surface area contributed by atoms with Gasteiger partial charge in [0.2, 0.25) is 5.89 Å². The van der Waals surface area contributed by atoms with Crippen LogP contribution in [0.4, 0.5) is 5.69 Å². The Hall–Kier alpha value is -3.76. The second kappa shape index (κ2) is 8.06. The summed E-state index contributed by atoms with van der Waals surface area (Å²) in [6, 6.07) is -0.0738. The Morgan fingerprint density at radius 3 is 2.88 bits per heavy atom. The molecule has 0 amide bonds. The lowest BCUT2D eigenvalue weighted by molar-refractivity contribution is -0.147. The van der Waals surface area contributed by atoms with Gasteiger partial charge in [-0.15, -0.1) is 10.2 Å². The van der Waals surface area contributed by atoms with Crippen LogP contribution < -0.4 is 5.32 Å². The average Bonchev–Trinajstić information content (AvgIpc) is 3.49. The Morgan fingerprint density at radius 1 is 1.25 bits per heavy atom. The summed E-state index contributed by atoms with van der Waals surface area (Å²) >= 11 is 0. The van der Waals surface area contributed by atoms with E-state index in [1.165, 1.54) is 0 Å². The molecule has 1 saturated heterocycles. The van der Waals surface area contributed by atoms with Gasteiger partial charge >= 0.3 is 5.97 Å². The minimum Gasteiger partial charge on any atom is -0.466 e. The fourth-order valence-corrected chi connectivity index (χ4v) is 3.92. The number of cyclic esters (lactones) is 1. The smallest absolute Gasteiger partial charge is 0.307 e. The molecule has 0 spiro atoms. The van der Waals surface area contributed by atoms with Gasteiger partial charge in [-0.1, -0.05) is 5.16 Å². The van der Waals surface area contributed by atoms with Gasteiger partial charge in [0.15, 0.2) is 5.65 Å². The molecule has 11 heteroatoms. The van der Waals surface area contributed by atoms with Crippen LogP contribution in [0.25, 0.3) is 22.5 Å². The number of anilines is 1. The number of esters is 1. The van der Waals surface area contributed by atoms with Gasteiger partial charge in [-0.25, -0.2) is 9.67 Å². The molecule has 4 aromatic rings. The first-order valence-electron chi connectivity index (χ1n) is 10.5. The monoisotopic (exact) mass is 437 g/mol. The van der Waals surface area contributed by atoms with E-state index in [9.17, 15) is 4.79 Å². The third kappa shape index (κ3) is 3.59. The molecule has 1 aliphatic heterocycles. The number of pyridine rings is 1. The summed E-state index contributed by atoms with van der Waals surface area (Å²) in [7, 11) is 0. The van der Waals surface area contributed by atoms with E-state index >= 15 is 0 Å². The second-order valence-electron chi connectivity index (χ2n) is 7.78. The fourth-order valence-electron chi connectivity index (χ4n) is 3.92. The quantitative estimate of drug-likeness (QED) is 0.449. The topological polar surface area (TPSA) is 134 Å². The summed E-state index contributed by atoms with van der Waals surface area (Å²) in [6.07, 6.45) is 4.88. The minimum absolute atomic E-state index is 0.0738. The zero-order valence-electron chi connectivity index (χ0n) is 18.1. The lowest BCUT2D eigenvalue weighted by Crippen LogP contribution is -2.31. The molecule has 1 unspecified atom stereocenters. The van der Waals surface area contributed by atoms with Crippen LogP contribution >= 0.6 is 0 Å². The second-order valence-corrected chi connectivity index (χ2v) is 7.78. The largest absolute Gasteiger partial charge is 0.466 e. The molecule has 0 saturated carbocycles. The van der Waals surface area contributed by atoms with Crippen molar-refractivity contribution >= 4 is 22.7 Å². The number of aromatic nitrogens is 6. The van der Waals surface area contributed by atoms with E-state index in [0.717, 1.165) is 33.7 Å². The van der Waals surface area contributed by atoms with Gasteiger partial charge in [-0.05, 0) is 20.8 Å². The highest BCUT2D eigenvalue weighted by molar-refractivity contribution is 5.96. The van der Waals surface area contributed by atoms with Crippen LogP contribution in [0, 0.1) is 13.8 Å². The maximum absolute atomic E-state index is 11.8. The molecule has 5 heterocycles. The standard InChI is InChI=1S/C21H23N7O4/c1-4-28-20-15(10-23-28)19(24-13-5-6-30-18(29)7-13)16(9-22-20)21-26-25-17(31-21)8-14-11(2)27-32-12(14)3/h9-10,13H,4-8H2,1-3H3,(H,22,24). The molecule has 0 aromatic carbocycles. The van der Waals surface area contributed by atoms with E-state index < -0.39 is 0 Å². The van der Waals surface area contributed by atoms with E-state index in [1.54, 1.807) is 12.4 Å². The van der Waals surface area contributed by atoms with Gasteiger partial charge in [-0.3, -0.25) is 4.79 Å². The van der Waals surface area contributed by atoms with Gasteiger partial charge in [0.25, 0.3) is 5.89 Å². The Kier molecular flexibility index (Phi) is 5.08. The van der Waals surface area contributed by atoms with Crippen molar-refractivity contribution < 1.29 is 18.5 Å². The lowest BCUT2D eigenvalue weighted by Gasteiger charge is -2.24. The normalized spacial score (nSPS) is 16.5. The molecule has 4 aromatic heterocycles. The number of rotatable bonds is 6. The molecular weight excluding hydrogens is 414 g/mol. The van der Waals surface area contributed by atoms with Crippen molar-refractivity contribution in [2.24, 2.45) is 0 Å². The molecular formula is C21H23N7O4. The Bertz CT molecular complexity index is 1270. The predicted octanol–water partition coefficient (Wildman–Crippen LogP) is 2.81. The number of carbonyl (C=O) groups excluding carboxylic acids is 1. The van der Waals surface area contributed by atoms with Crippen LogP contribution in [-0.4, -0.2) is 48.7 Å². The zero-order valence-corrected chi connectivity index (χ0v) is 18.1.